The van der Waals surface area contributed by atoms with Crippen LogP contribution in [0.5, 0.6) is 11.5 Å². The molecule has 0 amide bonds. The second-order valence-electron chi connectivity index (χ2n) is 6.67. The molecule has 0 radical (unpaired) electrons. The first-order chi connectivity index (χ1) is 13.5. The van der Waals surface area contributed by atoms with E-state index in [0.717, 1.165) is 25.8 Å². The van der Waals surface area contributed by atoms with E-state index >= 15 is 0 Å². The van der Waals surface area contributed by atoms with Gasteiger partial charge in [0.1, 0.15) is 0 Å². The summed E-state index contributed by atoms with van der Waals surface area (Å²) in [6, 6.07) is 2.83. The molecule has 28 heavy (non-hydrogen) atoms. The van der Waals surface area contributed by atoms with Crippen molar-refractivity contribution >= 4 is 5.69 Å². The molecule has 1 aliphatic heterocycles. The van der Waals surface area contributed by atoms with E-state index in [9.17, 15) is 15.2 Å². The van der Waals surface area contributed by atoms with Crippen LogP contribution in [0.15, 0.2) is 12.1 Å². The third-order valence-corrected chi connectivity index (χ3v) is 5.22. The second kappa shape index (κ2) is 10.0. The Balaban J connectivity index is 2.56. The number of methoxy groups -OCH3 is 3. The number of hydrogen-bond acceptors (Lipinski definition) is 8. The van der Waals surface area contributed by atoms with Crippen LogP contribution in [0.2, 0.25) is 0 Å². The number of nitro groups is 1. The van der Waals surface area contributed by atoms with E-state index in [-0.39, 0.29) is 36.2 Å². The Morgan fingerprint density at radius 1 is 1.25 bits per heavy atom. The van der Waals surface area contributed by atoms with Crippen LogP contribution in [-0.4, -0.2) is 68.6 Å². The fourth-order valence-corrected chi connectivity index (χ4v) is 3.69. The number of nitrogens with zero attached hydrogens (tertiary/aromatic N) is 2. The summed E-state index contributed by atoms with van der Waals surface area (Å²) in [5, 5.41) is 21.5. The number of nitro benzene ring substituents is 1. The van der Waals surface area contributed by atoms with Gasteiger partial charge in [0, 0.05) is 20.3 Å². The first-order valence-electron chi connectivity index (χ1n) is 9.41. The van der Waals surface area contributed by atoms with Gasteiger partial charge < -0.3 is 24.1 Å². The number of hydrogen-bond donors (Lipinski definition) is 1. The summed E-state index contributed by atoms with van der Waals surface area (Å²) in [4.78, 5) is 13.4. The van der Waals surface area contributed by atoms with Crippen LogP contribution in [0.1, 0.15) is 31.7 Å². The van der Waals surface area contributed by atoms with Gasteiger partial charge in [-0.1, -0.05) is 6.42 Å². The van der Waals surface area contributed by atoms with Gasteiger partial charge in [0.05, 0.1) is 43.4 Å². The van der Waals surface area contributed by atoms with Crippen LogP contribution < -0.4 is 9.47 Å². The van der Waals surface area contributed by atoms with Crippen molar-refractivity contribution in [2.45, 2.75) is 38.0 Å². The maximum Gasteiger partial charge on any atom is 0.282 e. The topological polar surface area (TPSA) is 104 Å². The lowest BCUT2D eigenvalue weighted by Gasteiger charge is -2.41. The fraction of sp³-hybridized carbons (Fsp3) is 0.684. The van der Waals surface area contributed by atoms with Crippen molar-refractivity contribution in [3.05, 3.63) is 27.8 Å². The number of rotatable bonds is 10. The Labute approximate surface area is 165 Å². The van der Waals surface area contributed by atoms with Crippen molar-refractivity contribution < 1.29 is 29.0 Å². The molecule has 1 aliphatic rings. The van der Waals surface area contributed by atoms with E-state index in [0.29, 0.717) is 12.4 Å². The van der Waals surface area contributed by atoms with E-state index < -0.39 is 10.7 Å². The third-order valence-electron chi connectivity index (χ3n) is 5.22. The molecule has 0 aromatic heterocycles. The minimum atomic E-state index is -1.40. The second-order valence-corrected chi connectivity index (χ2v) is 6.67. The summed E-state index contributed by atoms with van der Waals surface area (Å²) in [5.74, 6) is -0.753. The molecule has 1 atom stereocenters. The predicted molar refractivity (Wildman–Crippen MR) is 103 cm³/mol. The van der Waals surface area contributed by atoms with Gasteiger partial charge in [-0.25, -0.2) is 0 Å². The zero-order chi connectivity index (χ0) is 20.7. The Morgan fingerprint density at radius 3 is 2.50 bits per heavy atom. The van der Waals surface area contributed by atoms with Gasteiger partial charge in [0.15, 0.2) is 11.5 Å². The molecule has 1 aromatic carbocycles. The molecule has 0 aliphatic carbocycles. The molecule has 158 valence electrons. The van der Waals surface area contributed by atoms with Crippen molar-refractivity contribution in [3.63, 3.8) is 0 Å². The molecular formula is C19H30N2O7. The van der Waals surface area contributed by atoms with E-state index in [4.69, 9.17) is 18.9 Å². The van der Waals surface area contributed by atoms with Crippen molar-refractivity contribution in [1.29, 1.82) is 0 Å². The highest BCUT2D eigenvalue weighted by molar-refractivity contribution is 5.56. The summed E-state index contributed by atoms with van der Waals surface area (Å²) in [6.45, 7) is 3.20. The van der Waals surface area contributed by atoms with Crippen LogP contribution in [0, 0.1) is 10.1 Å². The number of likely N-dealkylation sites (tertiary alicyclic amines) is 1. The highest BCUT2D eigenvalue weighted by Crippen LogP contribution is 2.42. The standard InChI is InChI=1S/C19H30N2O7/c1-5-28-18-10-15(16(21(23)24)11-17(18)25-2)19(26-3,27-4)13-20-9-7-6-8-14(20)12-22/h10-11,14,22H,5-9,12-13H2,1-4H3/t14-/m0/s1. The molecule has 2 rings (SSSR count). The van der Waals surface area contributed by atoms with Crippen LogP contribution in [0.3, 0.4) is 0 Å². The molecule has 1 N–H and O–H groups in total. The molecule has 0 saturated carbocycles. The van der Waals surface area contributed by atoms with E-state index in [2.05, 4.69) is 4.90 Å². The molecule has 0 spiro atoms. The number of benzene rings is 1. The smallest absolute Gasteiger partial charge is 0.282 e. The maximum absolute atomic E-state index is 11.8. The lowest BCUT2D eigenvalue weighted by molar-refractivity contribution is -0.389. The number of aliphatic hydroxyl groups is 1. The lowest BCUT2D eigenvalue weighted by Crippen LogP contribution is -2.51. The van der Waals surface area contributed by atoms with Crippen molar-refractivity contribution in [3.8, 4) is 11.5 Å². The molecule has 1 heterocycles. The van der Waals surface area contributed by atoms with E-state index in [1.54, 1.807) is 6.07 Å². The van der Waals surface area contributed by atoms with Crippen LogP contribution in [0.25, 0.3) is 0 Å². The monoisotopic (exact) mass is 398 g/mol. The fourth-order valence-electron chi connectivity index (χ4n) is 3.69. The van der Waals surface area contributed by atoms with Gasteiger partial charge in [-0.2, -0.15) is 0 Å². The average molecular weight is 398 g/mol. The first-order valence-corrected chi connectivity index (χ1v) is 9.41. The highest BCUT2D eigenvalue weighted by Gasteiger charge is 2.43. The molecule has 1 saturated heterocycles. The summed E-state index contributed by atoms with van der Waals surface area (Å²) in [7, 11) is 4.34. The third kappa shape index (κ3) is 4.54. The van der Waals surface area contributed by atoms with Gasteiger partial charge in [-0.3, -0.25) is 15.0 Å². The van der Waals surface area contributed by atoms with Gasteiger partial charge in [0.25, 0.3) is 5.69 Å². The average Bonchev–Trinajstić information content (AvgIpc) is 2.72. The Morgan fingerprint density at radius 2 is 1.96 bits per heavy atom. The van der Waals surface area contributed by atoms with Crippen LogP contribution >= 0.6 is 0 Å². The molecule has 0 unspecified atom stereocenters. The van der Waals surface area contributed by atoms with E-state index in [1.165, 1.54) is 27.4 Å². The Bertz CT molecular complexity index is 664. The minimum absolute atomic E-state index is 0.0123. The number of ether oxygens (including phenoxy) is 4. The van der Waals surface area contributed by atoms with Crippen molar-refractivity contribution in [2.24, 2.45) is 0 Å². The molecule has 9 heteroatoms. The van der Waals surface area contributed by atoms with E-state index in [1.807, 2.05) is 6.92 Å². The van der Waals surface area contributed by atoms with Gasteiger partial charge in [0.2, 0.25) is 5.79 Å². The summed E-state index contributed by atoms with van der Waals surface area (Å²) in [6.07, 6.45) is 2.87. The SMILES string of the molecule is CCOc1cc(C(CN2CCCC[C@H]2CO)(OC)OC)c([N+](=O)[O-])cc1OC. The zero-order valence-corrected chi connectivity index (χ0v) is 17.0. The minimum Gasteiger partial charge on any atom is -0.493 e. The molecule has 9 nitrogen and oxygen atoms in total. The van der Waals surface area contributed by atoms with Crippen molar-refractivity contribution in [1.82, 2.24) is 4.90 Å². The first kappa shape index (κ1) is 22.4. The molecule has 0 bridgehead atoms. The normalized spacial score (nSPS) is 18.1. The molecule has 1 aromatic rings. The maximum atomic E-state index is 11.8. The lowest BCUT2D eigenvalue weighted by atomic mass is 9.97. The number of piperidine rings is 1. The predicted octanol–water partition coefficient (Wildman–Crippen LogP) is 2.29. The summed E-state index contributed by atoms with van der Waals surface area (Å²) in [5.41, 5.74) is 0.0653. The Kier molecular flexibility index (Phi) is 7.99. The molecular weight excluding hydrogens is 368 g/mol. The van der Waals surface area contributed by atoms with Crippen molar-refractivity contribution in [2.75, 3.05) is 47.6 Å². The number of aliphatic hydroxyl groups excluding tert-OH is 1. The zero-order valence-electron chi connectivity index (χ0n) is 17.0. The Hall–Kier alpha value is -1.94. The molecule has 1 fully saturated rings. The van der Waals surface area contributed by atoms with Crippen LogP contribution in [-0.2, 0) is 15.3 Å². The quantitative estimate of drug-likeness (QED) is 0.364. The summed E-state index contributed by atoms with van der Waals surface area (Å²) >= 11 is 0. The largest absolute Gasteiger partial charge is 0.493 e. The summed E-state index contributed by atoms with van der Waals surface area (Å²) < 4.78 is 22.3. The van der Waals surface area contributed by atoms with Gasteiger partial charge >= 0.3 is 0 Å². The van der Waals surface area contributed by atoms with Gasteiger partial charge in [-0.15, -0.1) is 0 Å². The highest BCUT2D eigenvalue weighted by atomic mass is 16.7. The van der Waals surface area contributed by atoms with Gasteiger partial charge in [-0.05, 0) is 32.4 Å². The van der Waals surface area contributed by atoms with Crippen LogP contribution in [0.4, 0.5) is 5.69 Å².